The average molecular weight is 425 g/mol. The predicted molar refractivity (Wildman–Crippen MR) is 113 cm³/mol. The molecule has 1 fully saturated rings. The van der Waals surface area contributed by atoms with Crippen LogP contribution in [0.3, 0.4) is 0 Å². The van der Waals surface area contributed by atoms with E-state index in [-0.39, 0.29) is 17.7 Å². The maximum Gasteiger partial charge on any atom is 0.259 e. The van der Waals surface area contributed by atoms with Crippen molar-refractivity contribution in [2.75, 3.05) is 18.4 Å². The van der Waals surface area contributed by atoms with Crippen molar-refractivity contribution in [2.24, 2.45) is 0 Å². The van der Waals surface area contributed by atoms with Gasteiger partial charge in [-0.15, -0.1) is 0 Å². The van der Waals surface area contributed by atoms with Crippen LogP contribution in [0.5, 0.6) is 0 Å². The van der Waals surface area contributed by atoms with Crippen LogP contribution < -0.4 is 5.32 Å². The van der Waals surface area contributed by atoms with Gasteiger partial charge in [-0.05, 0) is 44.5 Å². The topological polar surface area (TPSA) is 104 Å². The third-order valence-corrected chi connectivity index (χ3v) is 5.50. The van der Waals surface area contributed by atoms with Crippen LogP contribution in [-0.2, 0) is 0 Å². The van der Waals surface area contributed by atoms with Gasteiger partial charge in [0, 0.05) is 41.6 Å². The SMILES string of the molecule is Cc1nc(C2CCN(C(=O)c3cn[nH]c3C)C2)ncc1C(=O)Nc1ccc(Cl)cc1. The molecule has 0 saturated carbocycles. The molecule has 1 aliphatic rings. The van der Waals surface area contributed by atoms with E-state index in [0.717, 1.165) is 12.1 Å². The number of hydrogen-bond donors (Lipinski definition) is 2. The van der Waals surface area contributed by atoms with Gasteiger partial charge in [0.05, 0.1) is 23.0 Å². The summed E-state index contributed by atoms with van der Waals surface area (Å²) in [6.07, 6.45) is 3.88. The molecule has 1 saturated heterocycles. The number of nitrogens with zero attached hydrogens (tertiary/aromatic N) is 4. The number of likely N-dealkylation sites (tertiary alicyclic amines) is 1. The van der Waals surface area contributed by atoms with E-state index in [2.05, 4.69) is 25.5 Å². The number of H-pyrrole nitrogens is 1. The van der Waals surface area contributed by atoms with Gasteiger partial charge < -0.3 is 10.2 Å². The number of halogens is 1. The van der Waals surface area contributed by atoms with Crippen molar-refractivity contribution in [1.82, 2.24) is 25.1 Å². The first-order valence-electron chi connectivity index (χ1n) is 9.62. The van der Waals surface area contributed by atoms with Gasteiger partial charge in [0.25, 0.3) is 11.8 Å². The zero-order valence-electron chi connectivity index (χ0n) is 16.6. The van der Waals surface area contributed by atoms with Crippen LogP contribution in [0.25, 0.3) is 0 Å². The number of benzene rings is 1. The number of nitrogens with one attached hydrogen (secondary N) is 2. The van der Waals surface area contributed by atoms with Gasteiger partial charge in [-0.25, -0.2) is 9.97 Å². The smallest absolute Gasteiger partial charge is 0.259 e. The third kappa shape index (κ3) is 4.04. The van der Waals surface area contributed by atoms with E-state index in [9.17, 15) is 9.59 Å². The average Bonchev–Trinajstić information content (AvgIpc) is 3.38. The minimum absolute atomic E-state index is 0.0354. The number of carbonyl (C=O) groups is 2. The lowest BCUT2D eigenvalue weighted by molar-refractivity contribution is 0.0789. The minimum Gasteiger partial charge on any atom is -0.338 e. The molecule has 30 heavy (non-hydrogen) atoms. The van der Waals surface area contributed by atoms with Crippen molar-refractivity contribution in [3.8, 4) is 0 Å². The van der Waals surface area contributed by atoms with Crippen LogP contribution in [0.2, 0.25) is 5.02 Å². The maximum atomic E-state index is 12.7. The Morgan fingerprint density at radius 3 is 2.60 bits per heavy atom. The predicted octanol–water partition coefficient (Wildman–Crippen LogP) is 3.35. The highest BCUT2D eigenvalue weighted by Crippen LogP contribution is 2.27. The second-order valence-electron chi connectivity index (χ2n) is 7.33. The number of aryl methyl sites for hydroxylation is 2. The Labute approximate surface area is 178 Å². The summed E-state index contributed by atoms with van der Waals surface area (Å²) >= 11 is 5.87. The van der Waals surface area contributed by atoms with Crippen molar-refractivity contribution in [2.45, 2.75) is 26.2 Å². The Hall–Kier alpha value is -3.26. The van der Waals surface area contributed by atoms with E-state index in [1.165, 1.54) is 0 Å². The van der Waals surface area contributed by atoms with E-state index in [1.807, 2.05) is 6.92 Å². The number of aromatic amines is 1. The van der Waals surface area contributed by atoms with Gasteiger partial charge in [0.2, 0.25) is 0 Å². The van der Waals surface area contributed by atoms with E-state index in [4.69, 9.17) is 11.6 Å². The Kier molecular flexibility index (Phi) is 5.50. The van der Waals surface area contributed by atoms with E-state index in [0.29, 0.717) is 46.4 Å². The number of hydrogen-bond acceptors (Lipinski definition) is 5. The molecule has 8 nitrogen and oxygen atoms in total. The number of aromatic nitrogens is 4. The quantitative estimate of drug-likeness (QED) is 0.668. The van der Waals surface area contributed by atoms with Gasteiger partial charge in [-0.3, -0.25) is 14.7 Å². The van der Waals surface area contributed by atoms with Crippen LogP contribution in [-0.4, -0.2) is 50.0 Å². The molecule has 0 aliphatic carbocycles. The van der Waals surface area contributed by atoms with Crippen molar-refractivity contribution in [3.05, 3.63) is 70.0 Å². The molecule has 1 atom stereocenters. The van der Waals surface area contributed by atoms with Gasteiger partial charge in [0.1, 0.15) is 5.82 Å². The van der Waals surface area contributed by atoms with Gasteiger partial charge in [-0.2, -0.15) is 5.10 Å². The Morgan fingerprint density at radius 1 is 1.17 bits per heavy atom. The monoisotopic (exact) mass is 424 g/mol. The molecule has 9 heteroatoms. The maximum absolute atomic E-state index is 12.7. The van der Waals surface area contributed by atoms with Crippen LogP contribution in [0.4, 0.5) is 5.69 Å². The summed E-state index contributed by atoms with van der Waals surface area (Å²) in [7, 11) is 0. The molecular formula is C21H21ClN6O2. The zero-order valence-corrected chi connectivity index (χ0v) is 17.4. The summed E-state index contributed by atoms with van der Waals surface area (Å²) in [6, 6.07) is 6.89. The second kappa shape index (κ2) is 8.23. The molecule has 3 heterocycles. The van der Waals surface area contributed by atoms with E-state index in [1.54, 1.807) is 48.5 Å². The van der Waals surface area contributed by atoms with Gasteiger partial charge >= 0.3 is 0 Å². The van der Waals surface area contributed by atoms with Gasteiger partial charge in [-0.1, -0.05) is 11.6 Å². The minimum atomic E-state index is -0.278. The lowest BCUT2D eigenvalue weighted by atomic mass is 10.1. The molecule has 3 aromatic rings. The second-order valence-corrected chi connectivity index (χ2v) is 7.77. The number of amides is 2. The Morgan fingerprint density at radius 2 is 1.93 bits per heavy atom. The molecule has 2 aromatic heterocycles. The highest BCUT2D eigenvalue weighted by Gasteiger charge is 2.31. The van der Waals surface area contributed by atoms with Crippen molar-refractivity contribution < 1.29 is 9.59 Å². The highest BCUT2D eigenvalue weighted by atomic mass is 35.5. The molecule has 1 unspecified atom stereocenters. The summed E-state index contributed by atoms with van der Waals surface area (Å²) in [5.74, 6) is 0.363. The Bertz CT molecular complexity index is 1100. The Balaban J connectivity index is 1.44. The van der Waals surface area contributed by atoms with Crippen molar-refractivity contribution in [1.29, 1.82) is 0 Å². The van der Waals surface area contributed by atoms with Crippen LogP contribution in [0.1, 0.15) is 50.3 Å². The first-order chi connectivity index (χ1) is 14.4. The summed E-state index contributed by atoms with van der Waals surface area (Å²) in [6.45, 7) is 4.79. The molecule has 2 amide bonds. The lowest BCUT2D eigenvalue weighted by Crippen LogP contribution is -2.29. The summed E-state index contributed by atoms with van der Waals surface area (Å²) in [4.78, 5) is 36.0. The summed E-state index contributed by atoms with van der Waals surface area (Å²) in [5, 5.41) is 10.1. The fraction of sp³-hybridized carbons (Fsp3) is 0.286. The van der Waals surface area contributed by atoms with Gasteiger partial charge in [0.15, 0.2) is 0 Å². The van der Waals surface area contributed by atoms with Crippen LogP contribution in [0, 0.1) is 13.8 Å². The number of carbonyl (C=O) groups excluding carboxylic acids is 2. The first kappa shape index (κ1) is 20.0. The van der Waals surface area contributed by atoms with Crippen LogP contribution >= 0.6 is 11.6 Å². The zero-order chi connectivity index (χ0) is 21.3. The molecule has 2 N–H and O–H groups in total. The lowest BCUT2D eigenvalue weighted by Gasteiger charge is -2.16. The first-order valence-corrected chi connectivity index (χ1v) is 10.00. The summed E-state index contributed by atoms with van der Waals surface area (Å²) in [5.41, 5.74) is 3.00. The molecule has 1 aromatic carbocycles. The fourth-order valence-corrected chi connectivity index (χ4v) is 3.65. The highest BCUT2D eigenvalue weighted by molar-refractivity contribution is 6.30. The molecule has 1 aliphatic heterocycles. The van der Waals surface area contributed by atoms with Crippen molar-refractivity contribution in [3.63, 3.8) is 0 Å². The summed E-state index contributed by atoms with van der Waals surface area (Å²) < 4.78 is 0. The largest absolute Gasteiger partial charge is 0.338 e. The van der Waals surface area contributed by atoms with Crippen molar-refractivity contribution >= 4 is 29.1 Å². The fourth-order valence-electron chi connectivity index (χ4n) is 3.53. The molecule has 0 radical (unpaired) electrons. The van der Waals surface area contributed by atoms with E-state index >= 15 is 0 Å². The molecule has 154 valence electrons. The molecule has 0 spiro atoms. The number of anilines is 1. The normalized spacial score (nSPS) is 16.0. The van der Waals surface area contributed by atoms with E-state index < -0.39 is 0 Å². The molecule has 4 rings (SSSR count). The third-order valence-electron chi connectivity index (χ3n) is 5.25. The van der Waals surface area contributed by atoms with Crippen LogP contribution in [0.15, 0.2) is 36.7 Å². The number of rotatable bonds is 4. The molecule has 0 bridgehead atoms. The molecular weight excluding hydrogens is 404 g/mol. The standard InChI is InChI=1S/C21H21ClN6O2/c1-12-17(20(29)26-16-5-3-15(22)4-6-16)9-23-19(25-12)14-7-8-28(11-14)21(30)18-10-24-27-13(18)2/h3-6,9-10,14H,7-8,11H2,1-2H3,(H,24,27)(H,26,29).